The SMILES string of the molecule is CCC(NCC1(O)CCSCC1)c1ccc(C)cc1. The highest BCUT2D eigenvalue weighted by Gasteiger charge is 2.29. The second-order valence-electron chi connectivity index (χ2n) is 5.59. The summed E-state index contributed by atoms with van der Waals surface area (Å²) in [6.45, 7) is 5.01. The van der Waals surface area contributed by atoms with Gasteiger partial charge in [-0.1, -0.05) is 36.8 Å². The normalized spacial score (nSPS) is 20.2. The number of aryl methyl sites for hydroxylation is 1. The molecular formula is C16H25NOS. The molecule has 1 aliphatic rings. The van der Waals surface area contributed by atoms with Gasteiger partial charge in [0.1, 0.15) is 0 Å². The summed E-state index contributed by atoms with van der Waals surface area (Å²) in [6, 6.07) is 9.05. The van der Waals surface area contributed by atoms with Gasteiger partial charge in [-0.2, -0.15) is 11.8 Å². The lowest BCUT2D eigenvalue weighted by Crippen LogP contribution is -2.44. The van der Waals surface area contributed by atoms with Crippen LogP contribution in [0.15, 0.2) is 24.3 Å². The second kappa shape index (κ2) is 6.78. The Balaban J connectivity index is 1.93. The number of rotatable bonds is 5. The molecule has 0 spiro atoms. The van der Waals surface area contributed by atoms with Crippen molar-refractivity contribution >= 4 is 11.8 Å². The summed E-state index contributed by atoms with van der Waals surface area (Å²) in [4.78, 5) is 0. The summed E-state index contributed by atoms with van der Waals surface area (Å²) in [7, 11) is 0. The zero-order valence-corrected chi connectivity index (χ0v) is 12.8. The highest BCUT2D eigenvalue weighted by atomic mass is 32.2. The Kier molecular flexibility index (Phi) is 5.31. The Bertz CT molecular complexity index is 384. The zero-order valence-electron chi connectivity index (χ0n) is 12.0. The molecule has 3 heteroatoms. The topological polar surface area (TPSA) is 32.3 Å². The minimum absolute atomic E-state index is 0.346. The average Bonchev–Trinajstić information content (AvgIpc) is 2.42. The van der Waals surface area contributed by atoms with Crippen molar-refractivity contribution in [3.63, 3.8) is 0 Å². The smallest absolute Gasteiger partial charge is 0.0787 e. The maximum atomic E-state index is 10.5. The first-order chi connectivity index (χ1) is 9.13. The minimum atomic E-state index is -0.497. The van der Waals surface area contributed by atoms with E-state index in [1.165, 1.54) is 11.1 Å². The number of thioether (sulfide) groups is 1. The average molecular weight is 279 g/mol. The molecule has 0 aromatic heterocycles. The summed E-state index contributed by atoms with van der Waals surface area (Å²) in [5, 5.41) is 14.1. The quantitative estimate of drug-likeness (QED) is 0.867. The van der Waals surface area contributed by atoms with Crippen LogP contribution in [-0.2, 0) is 0 Å². The van der Waals surface area contributed by atoms with Crippen molar-refractivity contribution in [1.82, 2.24) is 5.32 Å². The van der Waals surface area contributed by atoms with Gasteiger partial charge in [0.25, 0.3) is 0 Å². The van der Waals surface area contributed by atoms with Gasteiger partial charge >= 0.3 is 0 Å². The first-order valence-corrected chi connectivity index (χ1v) is 8.38. The Morgan fingerprint density at radius 1 is 1.26 bits per heavy atom. The number of hydrogen-bond donors (Lipinski definition) is 2. The number of nitrogens with one attached hydrogen (secondary N) is 1. The maximum Gasteiger partial charge on any atom is 0.0787 e. The van der Waals surface area contributed by atoms with E-state index in [9.17, 15) is 5.11 Å². The molecule has 2 nitrogen and oxygen atoms in total. The van der Waals surface area contributed by atoms with Crippen molar-refractivity contribution in [2.24, 2.45) is 0 Å². The largest absolute Gasteiger partial charge is 0.389 e. The Labute approximate surface area is 121 Å². The van der Waals surface area contributed by atoms with Gasteiger partial charge in [-0.15, -0.1) is 0 Å². The van der Waals surface area contributed by atoms with E-state index in [1.807, 2.05) is 11.8 Å². The molecule has 1 aliphatic heterocycles. The van der Waals surface area contributed by atoms with Crippen molar-refractivity contribution in [2.45, 2.75) is 44.8 Å². The Hall–Kier alpha value is -0.510. The molecule has 0 amide bonds. The summed E-state index contributed by atoms with van der Waals surface area (Å²) in [5.41, 5.74) is 2.12. The Morgan fingerprint density at radius 2 is 1.89 bits per heavy atom. The molecule has 1 atom stereocenters. The molecule has 1 saturated heterocycles. The monoisotopic (exact) mass is 279 g/mol. The molecule has 0 aliphatic carbocycles. The maximum absolute atomic E-state index is 10.5. The molecule has 2 rings (SSSR count). The predicted octanol–water partition coefficient (Wildman–Crippen LogP) is 3.29. The fraction of sp³-hybridized carbons (Fsp3) is 0.625. The number of benzene rings is 1. The van der Waals surface area contributed by atoms with E-state index in [0.29, 0.717) is 12.6 Å². The molecule has 0 saturated carbocycles. The van der Waals surface area contributed by atoms with Gasteiger partial charge in [-0.05, 0) is 43.3 Å². The van der Waals surface area contributed by atoms with E-state index in [1.54, 1.807) is 0 Å². The van der Waals surface area contributed by atoms with Crippen LogP contribution in [0.5, 0.6) is 0 Å². The van der Waals surface area contributed by atoms with E-state index >= 15 is 0 Å². The van der Waals surface area contributed by atoms with Gasteiger partial charge in [0.15, 0.2) is 0 Å². The summed E-state index contributed by atoms with van der Waals surface area (Å²) >= 11 is 1.95. The molecule has 0 bridgehead atoms. The van der Waals surface area contributed by atoms with Crippen molar-refractivity contribution in [3.8, 4) is 0 Å². The van der Waals surface area contributed by atoms with Crippen LogP contribution in [0.2, 0.25) is 0 Å². The zero-order chi connectivity index (χ0) is 13.7. The van der Waals surface area contributed by atoms with Crippen LogP contribution in [0.1, 0.15) is 43.4 Å². The van der Waals surface area contributed by atoms with Crippen molar-refractivity contribution in [3.05, 3.63) is 35.4 Å². The summed E-state index contributed by atoms with van der Waals surface area (Å²) in [5.74, 6) is 2.17. The van der Waals surface area contributed by atoms with Crippen LogP contribution in [0, 0.1) is 6.92 Å². The number of hydrogen-bond acceptors (Lipinski definition) is 3. The fourth-order valence-electron chi connectivity index (χ4n) is 2.54. The van der Waals surface area contributed by atoms with Crippen LogP contribution in [0.4, 0.5) is 0 Å². The predicted molar refractivity (Wildman–Crippen MR) is 83.7 cm³/mol. The van der Waals surface area contributed by atoms with E-state index in [4.69, 9.17) is 0 Å². The van der Waals surface area contributed by atoms with Crippen molar-refractivity contribution < 1.29 is 5.11 Å². The molecule has 1 heterocycles. The third-order valence-corrected chi connectivity index (χ3v) is 4.97. The lowest BCUT2D eigenvalue weighted by Gasteiger charge is -2.33. The van der Waals surface area contributed by atoms with Gasteiger partial charge in [0, 0.05) is 12.6 Å². The van der Waals surface area contributed by atoms with Crippen LogP contribution >= 0.6 is 11.8 Å². The lowest BCUT2D eigenvalue weighted by atomic mass is 9.95. The number of aliphatic hydroxyl groups is 1. The van der Waals surface area contributed by atoms with E-state index in [0.717, 1.165) is 30.8 Å². The van der Waals surface area contributed by atoms with Crippen LogP contribution in [0.3, 0.4) is 0 Å². The van der Waals surface area contributed by atoms with E-state index in [-0.39, 0.29) is 0 Å². The Morgan fingerprint density at radius 3 is 2.47 bits per heavy atom. The standard InChI is InChI=1S/C16H25NOS/c1-3-15(14-6-4-13(2)5-7-14)17-12-16(18)8-10-19-11-9-16/h4-7,15,17-18H,3,8-12H2,1-2H3. The summed E-state index contributed by atoms with van der Waals surface area (Å²) in [6.07, 6.45) is 2.87. The van der Waals surface area contributed by atoms with Gasteiger partial charge in [0.05, 0.1) is 5.60 Å². The van der Waals surface area contributed by atoms with E-state index < -0.39 is 5.60 Å². The summed E-state index contributed by atoms with van der Waals surface area (Å²) < 4.78 is 0. The molecule has 1 aromatic rings. The molecule has 106 valence electrons. The molecule has 2 N–H and O–H groups in total. The van der Waals surface area contributed by atoms with Gasteiger partial charge in [-0.25, -0.2) is 0 Å². The van der Waals surface area contributed by atoms with E-state index in [2.05, 4.69) is 43.4 Å². The molecule has 1 aromatic carbocycles. The lowest BCUT2D eigenvalue weighted by molar-refractivity contribution is 0.0294. The molecule has 1 unspecified atom stereocenters. The molecular weight excluding hydrogens is 254 g/mol. The highest BCUT2D eigenvalue weighted by Crippen LogP contribution is 2.27. The third-order valence-electron chi connectivity index (χ3n) is 3.99. The first kappa shape index (κ1) is 14.9. The van der Waals surface area contributed by atoms with Crippen LogP contribution in [-0.4, -0.2) is 28.8 Å². The second-order valence-corrected chi connectivity index (χ2v) is 6.81. The molecule has 1 fully saturated rings. The molecule has 0 radical (unpaired) electrons. The van der Waals surface area contributed by atoms with Crippen LogP contribution < -0.4 is 5.32 Å². The van der Waals surface area contributed by atoms with Gasteiger partial charge in [-0.3, -0.25) is 0 Å². The van der Waals surface area contributed by atoms with Crippen molar-refractivity contribution in [2.75, 3.05) is 18.1 Å². The van der Waals surface area contributed by atoms with Gasteiger partial charge < -0.3 is 10.4 Å². The van der Waals surface area contributed by atoms with Gasteiger partial charge in [0.2, 0.25) is 0 Å². The fourth-order valence-corrected chi connectivity index (χ4v) is 3.79. The third kappa shape index (κ3) is 4.23. The minimum Gasteiger partial charge on any atom is -0.389 e. The van der Waals surface area contributed by atoms with Crippen LogP contribution in [0.25, 0.3) is 0 Å². The highest BCUT2D eigenvalue weighted by molar-refractivity contribution is 7.99. The molecule has 19 heavy (non-hydrogen) atoms. The first-order valence-electron chi connectivity index (χ1n) is 7.23. The van der Waals surface area contributed by atoms with Crippen molar-refractivity contribution in [1.29, 1.82) is 0 Å².